The van der Waals surface area contributed by atoms with Crippen molar-refractivity contribution >= 4 is 54.9 Å². The van der Waals surface area contributed by atoms with Gasteiger partial charge in [-0.15, -0.1) is 0 Å². The van der Waals surface area contributed by atoms with Crippen LogP contribution in [0.25, 0.3) is 76.1 Å². The summed E-state index contributed by atoms with van der Waals surface area (Å²) in [6, 6.07) is 47.3. The van der Waals surface area contributed by atoms with Crippen LogP contribution >= 0.6 is 11.3 Å². The molecule has 9 aromatic rings. The van der Waals surface area contributed by atoms with Gasteiger partial charge in [0.25, 0.3) is 0 Å². The number of fused-ring (bicyclic) bond motifs is 6. The Bertz CT molecular complexity index is 2410. The molecule has 0 bridgehead atoms. The van der Waals surface area contributed by atoms with Gasteiger partial charge >= 0.3 is 0 Å². The molecule has 4 nitrogen and oxygen atoms in total. The molecule has 0 aliphatic rings. The topological polar surface area (TPSA) is 35.6 Å². The summed E-state index contributed by atoms with van der Waals surface area (Å²) < 4.78 is 4.70. The molecule has 0 saturated heterocycles. The zero-order chi connectivity index (χ0) is 28.3. The minimum absolute atomic E-state index is 0.968. The summed E-state index contributed by atoms with van der Waals surface area (Å²) in [4.78, 5) is 9.55. The average molecular weight is 569 g/mol. The zero-order valence-corrected chi connectivity index (χ0v) is 23.9. The maximum atomic E-state index is 4.94. The van der Waals surface area contributed by atoms with Crippen LogP contribution in [0.5, 0.6) is 0 Å². The van der Waals surface area contributed by atoms with Crippen molar-refractivity contribution in [3.63, 3.8) is 0 Å². The van der Waals surface area contributed by atoms with E-state index >= 15 is 0 Å². The van der Waals surface area contributed by atoms with Crippen LogP contribution in [-0.4, -0.2) is 19.1 Å². The van der Waals surface area contributed by atoms with Crippen LogP contribution in [0.4, 0.5) is 0 Å². The summed E-state index contributed by atoms with van der Waals surface area (Å²) in [5.74, 6) is 0. The zero-order valence-electron chi connectivity index (χ0n) is 23.1. The van der Waals surface area contributed by atoms with Gasteiger partial charge in [-0.25, -0.2) is 4.98 Å². The molecule has 5 aromatic carbocycles. The fraction of sp³-hybridized carbons (Fsp3) is 0. The van der Waals surface area contributed by atoms with Gasteiger partial charge < -0.3 is 4.57 Å². The number of pyridine rings is 1. The van der Waals surface area contributed by atoms with Crippen LogP contribution in [-0.2, 0) is 0 Å². The predicted octanol–water partition coefficient (Wildman–Crippen LogP) is 10.1. The molecule has 43 heavy (non-hydrogen) atoms. The van der Waals surface area contributed by atoms with Gasteiger partial charge in [-0.3, -0.25) is 9.55 Å². The van der Waals surface area contributed by atoms with Crippen LogP contribution < -0.4 is 0 Å². The van der Waals surface area contributed by atoms with E-state index in [1.54, 1.807) is 11.3 Å². The second kappa shape index (κ2) is 9.51. The van der Waals surface area contributed by atoms with Gasteiger partial charge in [0.1, 0.15) is 10.0 Å². The molecule has 0 spiro atoms. The van der Waals surface area contributed by atoms with E-state index < -0.39 is 0 Å². The molecule has 9 rings (SSSR count). The second-order valence-electron chi connectivity index (χ2n) is 10.7. The number of thiazole rings is 1. The first-order valence-corrected chi connectivity index (χ1v) is 15.1. The first kappa shape index (κ1) is 24.1. The monoisotopic (exact) mass is 568 g/mol. The Morgan fingerprint density at radius 2 is 1.12 bits per heavy atom. The largest absolute Gasteiger partial charge is 0.309 e. The standard InChI is InChI=1S/C38H24N4S/c1-4-16-33-30(14-1)31-20-19-25(32-15-7-8-21-39-32)23-36(31)41(33)27-11-9-10-26(22-27)38-40-24-37(43-38)42-34-17-5-2-12-28(34)29-13-3-6-18-35(29)42/h1-24H. The Labute approximate surface area is 251 Å². The van der Waals surface area contributed by atoms with Crippen molar-refractivity contribution in [3.8, 4) is 32.5 Å². The van der Waals surface area contributed by atoms with E-state index in [1.165, 1.54) is 38.1 Å². The van der Waals surface area contributed by atoms with Crippen molar-refractivity contribution in [3.05, 3.63) is 146 Å². The summed E-state index contributed by atoms with van der Waals surface area (Å²) >= 11 is 1.72. The third kappa shape index (κ3) is 3.75. The SMILES string of the molecule is c1ccc(-c2ccc3c4ccccc4n(-c4cccc(-c5ncc(-n6c7ccccc7c7ccccc76)s5)c4)c3c2)nc1. The Balaban J connectivity index is 1.20. The highest BCUT2D eigenvalue weighted by molar-refractivity contribution is 7.17. The lowest BCUT2D eigenvalue weighted by atomic mass is 10.1. The molecule has 0 radical (unpaired) electrons. The van der Waals surface area contributed by atoms with E-state index in [0.29, 0.717) is 0 Å². The van der Waals surface area contributed by atoms with Gasteiger partial charge in [0, 0.05) is 44.6 Å². The third-order valence-electron chi connectivity index (χ3n) is 8.28. The number of rotatable bonds is 4. The lowest BCUT2D eigenvalue weighted by molar-refractivity contribution is 1.18. The van der Waals surface area contributed by atoms with Gasteiger partial charge in [-0.1, -0.05) is 96.3 Å². The summed E-state index contributed by atoms with van der Waals surface area (Å²) in [5.41, 5.74) is 9.00. The first-order chi connectivity index (χ1) is 21.3. The maximum absolute atomic E-state index is 4.94. The molecular formula is C38H24N4S. The highest BCUT2D eigenvalue weighted by Gasteiger charge is 2.17. The molecule has 4 aromatic heterocycles. The van der Waals surface area contributed by atoms with Crippen molar-refractivity contribution in [2.75, 3.05) is 0 Å². The molecule has 4 heterocycles. The molecule has 0 atom stereocenters. The maximum Gasteiger partial charge on any atom is 0.125 e. The first-order valence-electron chi connectivity index (χ1n) is 14.3. The van der Waals surface area contributed by atoms with Crippen molar-refractivity contribution in [2.45, 2.75) is 0 Å². The number of aromatic nitrogens is 4. The highest BCUT2D eigenvalue weighted by atomic mass is 32.1. The average Bonchev–Trinajstić information content (AvgIpc) is 3.78. The summed E-state index contributed by atoms with van der Waals surface area (Å²) in [7, 11) is 0. The number of benzene rings is 5. The normalized spacial score (nSPS) is 11.7. The van der Waals surface area contributed by atoms with Crippen LogP contribution in [0.2, 0.25) is 0 Å². The Kier molecular flexibility index (Phi) is 5.33. The van der Waals surface area contributed by atoms with Crippen molar-refractivity contribution in [2.24, 2.45) is 0 Å². The number of hydrogen-bond donors (Lipinski definition) is 0. The molecule has 0 fully saturated rings. The van der Waals surface area contributed by atoms with Gasteiger partial charge in [0.05, 0.1) is 34.0 Å². The summed E-state index contributed by atoms with van der Waals surface area (Å²) in [6.07, 6.45) is 3.85. The van der Waals surface area contributed by atoms with Crippen molar-refractivity contribution in [1.82, 2.24) is 19.1 Å². The fourth-order valence-corrected chi connectivity index (χ4v) is 7.32. The van der Waals surface area contributed by atoms with Crippen LogP contribution in [0.15, 0.2) is 146 Å². The molecular weight excluding hydrogens is 545 g/mol. The summed E-state index contributed by atoms with van der Waals surface area (Å²) in [5, 5.41) is 7.07. The van der Waals surface area contributed by atoms with E-state index in [4.69, 9.17) is 4.98 Å². The molecule has 5 heteroatoms. The third-order valence-corrected chi connectivity index (χ3v) is 9.31. The fourth-order valence-electron chi connectivity index (χ4n) is 6.38. The smallest absolute Gasteiger partial charge is 0.125 e. The highest BCUT2D eigenvalue weighted by Crippen LogP contribution is 2.38. The quantitative estimate of drug-likeness (QED) is 0.212. The molecule has 0 saturated carbocycles. The van der Waals surface area contributed by atoms with Crippen LogP contribution in [0.3, 0.4) is 0 Å². The molecule has 0 amide bonds. The molecule has 0 aliphatic heterocycles. The summed E-state index contributed by atoms with van der Waals surface area (Å²) in [6.45, 7) is 0. The van der Waals surface area contributed by atoms with Gasteiger partial charge in [0.15, 0.2) is 0 Å². The second-order valence-corrected chi connectivity index (χ2v) is 11.7. The van der Waals surface area contributed by atoms with E-state index in [0.717, 1.165) is 38.0 Å². The van der Waals surface area contributed by atoms with Gasteiger partial charge in [-0.2, -0.15) is 0 Å². The Morgan fingerprint density at radius 3 is 1.81 bits per heavy atom. The van der Waals surface area contributed by atoms with Gasteiger partial charge in [-0.05, 0) is 48.5 Å². The van der Waals surface area contributed by atoms with Crippen molar-refractivity contribution < 1.29 is 0 Å². The van der Waals surface area contributed by atoms with Gasteiger partial charge in [0.2, 0.25) is 0 Å². The van der Waals surface area contributed by atoms with E-state index in [1.807, 2.05) is 24.5 Å². The van der Waals surface area contributed by atoms with Crippen molar-refractivity contribution in [1.29, 1.82) is 0 Å². The van der Waals surface area contributed by atoms with Crippen LogP contribution in [0, 0.1) is 0 Å². The van der Waals surface area contributed by atoms with E-state index in [9.17, 15) is 0 Å². The predicted molar refractivity (Wildman–Crippen MR) is 179 cm³/mol. The Hall–Kier alpha value is -5.52. The molecule has 0 unspecified atom stereocenters. The number of nitrogens with zero attached hydrogens (tertiary/aromatic N) is 4. The Morgan fingerprint density at radius 1 is 0.465 bits per heavy atom. The number of hydrogen-bond acceptors (Lipinski definition) is 3. The minimum atomic E-state index is 0.968. The minimum Gasteiger partial charge on any atom is -0.309 e. The molecule has 0 aliphatic carbocycles. The van der Waals surface area contributed by atoms with E-state index in [2.05, 4.69) is 135 Å². The molecule has 0 N–H and O–H groups in total. The lowest BCUT2D eigenvalue weighted by Crippen LogP contribution is -1.94. The van der Waals surface area contributed by atoms with E-state index in [-0.39, 0.29) is 0 Å². The van der Waals surface area contributed by atoms with Crippen LogP contribution in [0.1, 0.15) is 0 Å². The molecule has 202 valence electrons. The number of para-hydroxylation sites is 3. The lowest BCUT2D eigenvalue weighted by Gasteiger charge is -2.10.